The van der Waals surface area contributed by atoms with Crippen molar-refractivity contribution in [3.05, 3.63) is 59.7 Å². The van der Waals surface area contributed by atoms with Gasteiger partial charge in [-0.2, -0.15) is 0 Å². The normalized spacial score (nSPS) is 14.9. The molecule has 2 heteroatoms. The summed E-state index contributed by atoms with van der Waals surface area (Å²) in [6, 6.07) is 17.4. The first-order chi connectivity index (χ1) is 8.93. The maximum atomic E-state index is 3.48. The molecule has 0 saturated heterocycles. The molecule has 0 spiro atoms. The van der Waals surface area contributed by atoms with E-state index in [1.165, 1.54) is 20.9 Å². The van der Waals surface area contributed by atoms with Crippen LogP contribution in [0.3, 0.4) is 0 Å². The molecule has 1 heterocycles. The van der Waals surface area contributed by atoms with E-state index in [4.69, 9.17) is 0 Å². The highest BCUT2D eigenvalue weighted by Crippen LogP contribution is 2.32. The van der Waals surface area contributed by atoms with Crippen molar-refractivity contribution in [2.75, 3.05) is 13.1 Å². The highest BCUT2D eigenvalue weighted by Gasteiger charge is 2.11. The Kier molecular flexibility index (Phi) is 3.67. The van der Waals surface area contributed by atoms with Crippen molar-refractivity contribution in [2.45, 2.75) is 22.6 Å². The Balaban J connectivity index is 1.92. The van der Waals surface area contributed by atoms with Crippen molar-refractivity contribution in [1.29, 1.82) is 0 Å². The molecule has 2 aromatic rings. The van der Waals surface area contributed by atoms with Crippen molar-refractivity contribution in [2.24, 2.45) is 0 Å². The molecule has 0 aromatic heterocycles. The smallest absolute Gasteiger partial charge is 0.0157 e. The van der Waals surface area contributed by atoms with Crippen molar-refractivity contribution in [3.8, 4) is 0 Å². The van der Waals surface area contributed by atoms with E-state index in [0.29, 0.717) is 0 Å². The van der Waals surface area contributed by atoms with Crippen molar-refractivity contribution in [1.82, 2.24) is 5.32 Å². The van der Waals surface area contributed by atoms with Crippen molar-refractivity contribution >= 4 is 11.8 Å². The zero-order valence-electron chi connectivity index (χ0n) is 10.4. The fourth-order valence-corrected chi connectivity index (χ4v) is 3.45. The molecular weight excluding hydrogens is 238 g/mol. The van der Waals surface area contributed by atoms with Gasteiger partial charge in [-0.1, -0.05) is 42.1 Å². The van der Waals surface area contributed by atoms with E-state index >= 15 is 0 Å². The van der Waals surface area contributed by atoms with E-state index in [1.54, 1.807) is 0 Å². The van der Waals surface area contributed by atoms with Gasteiger partial charge in [-0.3, -0.25) is 0 Å². The van der Waals surface area contributed by atoms with Gasteiger partial charge in [0.25, 0.3) is 0 Å². The van der Waals surface area contributed by atoms with E-state index in [2.05, 4.69) is 53.8 Å². The Labute approximate surface area is 113 Å². The zero-order valence-corrected chi connectivity index (χ0v) is 11.2. The number of hydrogen-bond acceptors (Lipinski definition) is 2. The highest BCUT2D eigenvalue weighted by atomic mass is 32.2. The lowest BCUT2D eigenvalue weighted by molar-refractivity contribution is 0.709. The van der Waals surface area contributed by atoms with E-state index in [9.17, 15) is 0 Å². The molecular formula is C16H17NS. The lowest BCUT2D eigenvalue weighted by Crippen LogP contribution is -2.16. The third kappa shape index (κ3) is 2.60. The van der Waals surface area contributed by atoms with Gasteiger partial charge in [0.15, 0.2) is 0 Å². The van der Waals surface area contributed by atoms with Crippen LogP contribution in [0.15, 0.2) is 58.3 Å². The van der Waals surface area contributed by atoms with Crippen molar-refractivity contribution < 1.29 is 0 Å². The number of benzene rings is 2. The van der Waals surface area contributed by atoms with Gasteiger partial charge in [-0.15, -0.1) is 0 Å². The van der Waals surface area contributed by atoms with Crippen LogP contribution in [-0.4, -0.2) is 13.1 Å². The van der Waals surface area contributed by atoms with E-state index in [-0.39, 0.29) is 0 Å². The van der Waals surface area contributed by atoms with Crippen LogP contribution < -0.4 is 5.32 Å². The SMILES string of the molecule is c1ccc(Sc2cccc3c2CCNCC3)cc1. The summed E-state index contributed by atoms with van der Waals surface area (Å²) in [5, 5.41) is 3.48. The summed E-state index contributed by atoms with van der Waals surface area (Å²) >= 11 is 1.88. The largest absolute Gasteiger partial charge is 0.316 e. The predicted octanol–water partition coefficient (Wildman–Crippen LogP) is 3.53. The van der Waals surface area contributed by atoms with Gasteiger partial charge in [-0.25, -0.2) is 0 Å². The van der Waals surface area contributed by atoms with Crippen molar-refractivity contribution in [3.63, 3.8) is 0 Å². The van der Waals surface area contributed by atoms with Crippen LogP contribution in [0.5, 0.6) is 0 Å². The van der Waals surface area contributed by atoms with Gasteiger partial charge in [0.1, 0.15) is 0 Å². The third-order valence-corrected chi connectivity index (χ3v) is 4.43. The molecule has 0 amide bonds. The fourth-order valence-electron chi connectivity index (χ4n) is 2.40. The molecule has 2 aromatic carbocycles. The van der Waals surface area contributed by atoms with Crippen LogP contribution in [0.4, 0.5) is 0 Å². The lowest BCUT2D eigenvalue weighted by atomic mass is 10.0. The molecule has 0 aliphatic carbocycles. The first-order valence-corrected chi connectivity index (χ1v) is 7.29. The molecule has 1 aliphatic rings. The molecule has 92 valence electrons. The molecule has 1 nitrogen and oxygen atoms in total. The van der Waals surface area contributed by atoms with Gasteiger partial charge in [0.05, 0.1) is 0 Å². The topological polar surface area (TPSA) is 12.0 Å². The minimum Gasteiger partial charge on any atom is -0.316 e. The van der Waals surface area contributed by atoms with Gasteiger partial charge < -0.3 is 5.32 Å². The first-order valence-electron chi connectivity index (χ1n) is 6.48. The summed E-state index contributed by atoms with van der Waals surface area (Å²) < 4.78 is 0. The summed E-state index contributed by atoms with van der Waals surface area (Å²) in [5.74, 6) is 0. The van der Waals surface area contributed by atoms with Crippen LogP contribution in [0.2, 0.25) is 0 Å². The molecule has 0 saturated carbocycles. The van der Waals surface area contributed by atoms with Gasteiger partial charge in [0, 0.05) is 9.79 Å². The van der Waals surface area contributed by atoms with E-state index < -0.39 is 0 Å². The number of rotatable bonds is 2. The molecule has 1 aliphatic heterocycles. The summed E-state index contributed by atoms with van der Waals surface area (Å²) in [6.45, 7) is 2.20. The van der Waals surface area contributed by atoms with Crippen LogP contribution >= 0.6 is 11.8 Å². The second-order valence-corrected chi connectivity index (χ2v) is 5.67. The molecule has 18 heavy (non-hydrogen) atoms. The molecule has 0 radical (unpaired) electrons. The summed E-state index contributed by atoms with van der Waals surface area (Å²) in [7, 11) is 0. The monoisotopic (exact) mass is 255 g/mol. The van der Waals surface area contributed by atoms with Crippen LogP contribution in [-0.2, 0) is 12.8 Å². The lowest BCUT2D eigenvalue weighted by Gasteiger charge is -2.11. The summed E-state index contributed by atoms with van der Waals surface area (Å²) in [4.78, 5) is 2.74. The number of fused-ring (bicyclic) bond motifs is 1. The standard InChI is InChI=1S/C16H17NS/c1-2-6-14(7-3-1)18-16-8-4-5-13-9-11-17-12-10-15(13)16/h1-8,17H,9-12H2. The highest BCUT2D eigenvalue weighted by molar-refractivity contribution is 7.99. The minimum absolute atomic E-state index is 1.10. The van der Waals surface area contributed by atoms with Crippen LogP contribution in [0.25, 0.3) is 0 Å². The number of nitrogens with one attached hydrogen (secondary N) is 1. The van der Waals surface area contributed by atoms with Gasteiger partial charge in [0.2, 0.25) is 0 Å². The molecule has 3 rings (SSSR count). The molecule has 1 N–H and O–H groups in total. The fraction of sp³-hybridized carbons (Fsp3) is 0.250. The molecule has 0 atom stereocenters. The minimum atomic E-state index is 1.10. The summed E-state index contributed by atoms with van der Waals surface area (Å²) in [5.41, 5.74) is 3.05. The Morgan fingerprint density at radius 2 is 1.67 bits per heavy atom. The molecule has 0 bridgehead atoms. The number of hydrogen-bond donors (Lipinski definition) is 1. The van der Waals surface area contributed by atoms with Gasteiger partial charge >= 0.3 is 0 Å². The first kappa shape index (κ1) is 11.8. The predicted molar refractivity (Wildman–Crippen MR) is 77.3 cm³/mol. The second-order valence-electron chi connectivity index (χ2n) is 4.56. The Morgan fingerprint density at radius 3 is 2.56 bits per heavy atom. The quantitative estimate of drug-likeness (QED) is 0.881. The summed E-state index contributed by atoms with van der Waals surface area (Å²) in [6.07, 6.45) is 2.30. The van der Waals surface area contributed by atoms with Gasteiger partial charge in [-0.05, 0) is 55.3 Å². The molecule has 0 fully saturated rings. The maximum absolute atomic E-state index is 3.48. The third-order valence-electron chi connectivity index (χ3n) is 3.32. The Morgan fingerprint density at radius 1 is 0.833 bits per heavy atom. The molecule has 0 unspecified atom stereocenters. The second kappa shape index (κ2) is 5.59. The Bertz CT molecular complexity index is 522. The van der Waals surface area contributed by atoms with E-state index in [0.717, 1.165) is 25.9 Å². The average molecular weight is 255 g/mol. The Hall–Kier alpha value is -1.25. The zero-order chi connectivity index (χ0) is 12.2. The van der Waals surface area contributed by atoms with E-state index in [1.807, 2.05) is 11.8 Å². The average Bonchev–Trinajstić information content (AvgIpc) is 2.66. The van der Waals surface area contributed by atoms with Crippen LogP contribution in [0, 0.1) is 0 Å². The van der Waals surface area contributed by atoms with Crippen LogP contribution in [0.1, 0.15) is 11.1 Å². The maximum Gasteiger partial charge on any atom is 0.0157 e.